The second-order valence-electron chi connectivity index (χ2n) is 4.36. The van der Waals surface area contributed by atoms with E-state index < -0.39 is 6.03 Å². The highest BCUT2D eigenvalue weighted by atomic mass is 35.5. The number of ether oxygens (including phenoxy) is 1. The van der Waals surface area contributed by atoms with E-state index >= 15 is 0 Å². The number of carbonyl (C=O) groups is 1. The fourth-order valence-electron chi connectivity index (χ4n) is 1.46. The number of guanidine groups is 1. The standard InChI is InChI=1S/C12H15ClN4O2/c13-9-5-8(16-11(14)17-12(15)18)3-4-10(9)19-6-7-1-2-7/h3-5,7H,1-2,6H2,(H5,14,15,16,17,18). The van der Waals surface area contributed by atoms with E-state index in [2.05, 4.69) is 10.3 Å². The molecule has 102 valence electrons. The van der Waals surface area contributed by atoms with Crippen molar-refractivity contribution in [1.82, 2.24) is 5.32 Å². The first-order valence-corrected chi connectivity index (χ1v) is 6.25. The summed E-state index contributed by atoms with van der Waals surface area (Å²) in [5.41, 5.74) is 10.9. The van der Waals surface area contributed by atoms with E-state index in [9.17, 15) is 4.79 Å². The van der Waals surface area contributed by atoms with Crippen molar-refractivity contribution in [2.24, 2.45) is 22.4 Å². The van der Waals surface area contributed by atoms with E-state index in [4.69, 9.17) is 27.8 Å². The average Bonchev–Trinajstić information content (AvgIpc) is 3.10. The van der Waals surface area contributed by atoms with Crippen LogP contribution >= 0.6 is 11.6 Å². The molecule has 2 rings (SSSR count). The molecule has 0 aliphatic heterocycles. The molecule has 0 spiro atoms. The molecule has 19 heavy (non-hydrogen) atoms. The van der Waals surface area contributed by atoms with Crippen LogP contribution in [0.15, 0.2) is 23.2 Å². The summed E-state index contributed by atoms with van der Waals surface area (Å²) in [6.07, 6.45) is 2.44. The normalized spacial score (nSPS) is 15.1. The largest absolute Gasteiger partial charge is 0.492 e. The molecular formula is C12H15ClN4O2. The van der Waals surface area contributed by atoms with Gasteiger partial charge in [-0.05, 0) is 37.0 Å². The fourth-order valence-corrected chi connectivity index (χ4v) is 1.69. The third kappa shape index (κ3) is 4.33. The number of rotatable bonds is 4. The maximum Gasteiger partial charge on any atom is 0.318 e. The maximum atomic E-state index is 10.6. The van der Waals surface area contributed by atoms with Gasteiger partial charge in [-0.2, -0.15) is 0 Å². The summed E-state index contributed by atoms with van der Waals surface area (Å²) >= 11 is 6.08. The summed E-state index contributed by atoms with van der Waals surface area (Å²) in [6.45, 7) is 0.688. The molecule has 0 bridgehead atoms. The van der Waals surface area contributed by atoms with Gasteiger partial charge in [0.1, 0.15) is 5.75 Å². The SMILES string of the molecule is NC(=O)NC(N)=Nc1ccc(OCC2CC2)c(Cl)c1. The zero-order valence-electron chi connectivity index (χ0n) is 10.2. The van der Waals surface area contributed by atoms with Crippen molar-refractivity contribution in [3.05, 3.63) is 23.2 Å². The number of urea groups is 1. The first-order valence-electron chi connectivity index (χ1n) is 5.87. The lowest BCUT2D eigenvalue weighted by Crippen LogP contribution is -2.39. The van der Waals surface area contributed by atoms with Crippen LogP contribution in [0, 0.1) is 5.92 Å². The molecular weight excluding hydrogens is 268 g/mol. The zero-order chi connectivity index (χ0) is 13.8. The average molecular weight is 283 g/mol. The quantitative estimate of drug-likeness (QED) is 0.579. The number of hydrogen-bond acceptors (Lipinski definition) is 3. The van der Waals surface area contributed by atoms with Gasteiger partial charge in [-0.3, -0.25) is 5.32 Å². The van der Waals surface area contributed by atoms with Gasteiger partial charge in [0, 0.05) is 0 Å². The third-order valence-electron chi connectivity index (χ3n) is 2.59. The Labute approximate surface area is 115 Å². The van der Waals surface area contributed by atoms with E-state index in [1.807, 2.05) is 0 Å². The molecule has 2 amide bonds. The molecule has 0 aromatic heterocycles. The Bertz CT molecular complexity index is 514. The van der Waals surface area contributed by atoms with Crippen LogP contribution < -0.4 is 21.5 Å². The van der Waals surface area contributed by atoms with Crippen molar-refractivity contribution in [2.75, 3.05) is 6.61 Å². The Hall–Kier alpha value is -1.95. The molecule has 0 heterocycles. The monoisotopic (exact) mass is 282 g/mol. The molecule has 1 aliphatic rings. The summed E-state index contributed by atoms with van der Waals surface area (Å²) in [4.78, 5) is 14.5. The molecule has 0 unspecified atom stereocenters. The van der Waals surface area contributed by atoms with Crippen LogP contribution in [0.5, 0.6) is 5.75 Å². The first-order chi connectivity index (χ1) is 9.04. The van der Waals surface area contributed by atoms with Gasteiger partial charge in [0.25, 0.3) is 0 Å². The second kappa shape index (κ2) is 5.79. The van der Waals surface area contributed by atoms with Crippen LogP contribution in [0.2, 0.25) is 5.02 Å². The van der Waals surface area contributed by atoms with Gasteiger partial charge in [-0.15, -0.1) is 0 Å². The van der Waals surface area contributed by atoms with Gasteiger partial charge in [-0.25, -0.2) is 9.79 Å². The maximum absolute atomic E-state index is 10.6. The Morgan fingerprint density at radius 1 is 1.47 bits per heavy atom. The number of nitrogens with one attached hydrogen (secondary N) is 1. The highest BCUT2D eigenvalue weighted by Gasteiger charge is 2.22. The summed E-state index contributed by atoms with van der Waals surface area (Å²) in [5, 5.41) is 2.62. The number of benzene rings is 1. The summed E-state index contributed by atoms with van der Waals surface area (Å²) in [6, 6.07) is 4.26. The Kier molecular flexibility index (Phi) is 4.11. The minimum Gasteiger partial charge on any atom is -0.492 e. The number of carbonyl (C=O) groups excluding carboxylic acids is 1. The second-order valence-corrected chi connectivity index (χ2v) is 4.76. The molecule has 6 nitrogen and oxygen atoms in total. The number of primary amides is 1. The predicted octanol–water partition coefficient (Wildman–Crippen LogP) is 1.74. The molecule has 0 saturated heterocycles. The van der Waals surface area contributed by atoms with E-state index in [0.29, 0.717) is 29.0 Å². The van der Waals surface area contributed by atoms with Crippen molar-refractivity contribution in [3.63, 3.8) is 0 Å². The topological polar surface area (TPSA) is 103 Å². The lowest BCUT2D eigenvalue weighted by Gasteiger charge is -2.08. The molecule has 1 saturated carbocycles. The predicted molar refractivity (Wildman–Crippen MR) is 73.7 cm³/mol. The van der Waals surface area contributed by atoms with Crippen molar-refractivity contribution in [1.29, 1.82) is 0 Å². The van der Waals surface area contributed by atoms with E-state index in [1.54, 1.807) is 18.2 Å². The Balaban J connectivity index is 2.02. The lowest BCUT2D eigenvalue weighted by molar-refractivity contribution is 0.253. The number of aliphatic imine (C=N–C) groups is 1. The highest BCUT2D eigenvalue weighted by Crippen LogP contribution is 2.33. The van der Waals surface area contributed by atoms with Gasteiger partial charge >= 0.3 is 6.03 Å². The number of nitrogens with two attached hydrogens (primary N) is 2. The van der Waals surface area contributed by atoms with Crippen LogP contribution in [0.25, 0.3) is 0 Å². The minimum atomic E-state index is -0.767. The van der Waals surface area contributed by atoms with Gasteiger partial charge in [-0.1, -0.05) is 11.6 Å². The molecule has 7 heteroatoms. The molecule has 1 aliphatic carbocycles. The zero-order valence-corrected chi connectivity index (χ0v) is 11.0. The summed E-state index contributed by atoms with van der Waals surface area (Å²) in [7, 11) is 0. The third-order valence-corrected chi connectivity index (χ3v) is 2.88. The number of halogens is 1. The lowest BCUT2D eigenvalue weighted by atomic mass is 10.3. The van der Waals surface area contributed by atoms with E-state index in [-0.39, 0.29) is 5.96 Å². The molecule has 1 aromatic carbocycles. The molecule has 5 N–H and O–H groups in total. The van der Waals surface area contributed by atoms with Crippen LogP contribution in [0.4, 0.5) is 10.5 Å². The highest BCUT2D eigenvalue weighted by molar-refractivity contribution is 6.32. The van der Waals surface area contributed by atoms with Crippen molar-refractivity contribution in [2.45, 2.75) is 12.8 Å². The molecule has 0 radical (unpaired) electrons. The van der Waals surface area contributed by atoms with Gasteiger partial charge in [0.05, 0.1) is 17.3 Å². The smallest absolute Gasteiger partial charge is 0.318 e. The Morgan fingerprint density at radius 2 is 2.21 bits per heavy atom. The molecule has 1 aromatic rings. The van der Waals surface area contributed by atoms with Crippen molar-refractivity contribution >= 4 is 29.3 Å². The van der Waals surface area contributed by atoms with Crippen LogP contribution in [0.1, 0.15) is 12.8 Å². The van der Waals surface area contributed by atoms with Crippen molar-refractivity contribution < 1.29 is 9.53 Å². The van der Waals surface area contributed by atoms with Gasteiger partial charge in [0.2, 0.25) is 5.96 Å². The van der Waals surface area contributed by atoms with Crippen LogP contribution in [-0.4, -0.2) is 18.6 Å². The summed E-state index contributed by atoms with van der Waals surface area (Å²) in [5.74, 6) is 1.19. The van der Waals surface area contributed by atoms with Crippen LogP contribution in [-0.2, 0) is 0 Å². The summed E-state index contributed by atoms with van der Waals surface area (Å²) < 4.78 is 5.58. The number of amides is 2. The number of nitrogens with zero attached hydrogens (tertiary/aromatic N) is 1. The van der Waals surface area contributed by atoms with Crippen molar-refractivity contribution in [3.8, 4) is 5.75 Å². The van der Waals surface area contributed by atoms with Crippen LogP contribution in [0.3, 0.4) is 0 Å². The molecule has 1 fully saturated rings. The first kappa shape index (κ1) is 13.5. The van der Waals surface area contributed by atoms with E-state index in [0.717, 1.165) is 0 Å². The van der Waals surface area contributed by atoms with Gasteiger partial charge in [0.15, 0.2) is 0 Å². The molecule has 0 atom stereocenters. The van der Waals surface area contributed by atoms with Gasteiger partial charge < -0.3 is 16.2 Å². The number of hydrogen-bond donors (Lipinski definition) is 3. The van der Waals surface area contributed by atoms with E-state index in [1.165, 1.54) is 12.8 Å². The minimum absolute atomic E-state index is 0.0878. The fraction of sp³-hybridized carbons (Fsp3) is 0.333. The Morgan fingerprint density at radius 3 is 2.79 bits per heavy atom.